The van der Waals surface area contributed by atoms with Crippen molar-refractivity contribution in [2.24, 2.45) is 0 Å². The van der Waals surface area contributed by atoms with Crippen LogP contribution in [0.15, 0.2) is 30.5 Å². The van der Waals surface area contributed by atoms with Gasteiger partial charge in [0.1, 0.15) is 5.15 Å². The average Bonchev–Trinajstić information content (AvgIpc) is 2.40. The molecule has 0 unspecified atom stereocenters. The molecule has 19 heavy (non-hydrogen) atoms. The number of hydrogen-bond acceptors (Lipinski definition) is 2. The minimum absolute atomic E-state index is 0.267. The summed E-state index contributed by atoms with van der Waals surface area (Å²) in [5.74, 6) is 0.267. The number of nitrogens with zero attached hydrogens (tertiary/aromatic N) is 1. The Bertz CT molecular complexity index is 664. The van der Waals surface area contributed by atoms with Crippen molar-refractivity contribution in [3.05, 3.63) is 52.3 Å². The van der Waals surface area contributed by atoms with Crippen molar-refractivity contribution < 1.29 is 4.79 Å². The van der Waals surface area contributed by atoms with Gasteiger partial charge in [-0.1, -0.05) is 23.7 Å². The van der Waals surface area contributed by atoms with Gasteiger partial charge in [0.2, 0.25) is 0 Å². The lowest BCUT2D eigenvalue weighted by atomic mass is 9.84. The summed E-state index contributed by atoms with van der Waals surface area (Å²) < 4.78 is 0. The van der Waals surface area contributed by atoms with Crippen LogP contribution in [0.3, 0.4) is 0 Å². The summed E-state index contributed by atoms with van der Waals surface area (Å²) in [6.07, 6.45) is 4.32. The molecule has 3 heteroatoms. The molecule has 1 aliphatic rings. The van der Waals surface area contributed by atoms with E-state index in [1.807, 2.05) is 24.3 Å². The van der Waals surface area contributed by atoms with Crippen LogP contribution < -0.4 is 0 Å². The van der Waals surface area contributed by atoms with E-state index in [1.54, 1.807) is 6.20 Å². The molecule has 1 aromatic heterocycles. The van der Waals surface area contributed by atoms with E-state index < -0.39 is 0 Å². The van der Waals surface area contributed by atoms with Gasteiger partial charge >= 0.3 is 0 Å². The number of hydrogen-bond donors (Lipinski definition) is 0. The van der Waals surface area contributed by atoms with Crippen molar-refractivity contribution in [1.82, 2.24) is 4.98 Å². The summed E-state index contributed by atoms with van der Waals surface area (Å²) in [5.41, 5.74) is 5.47. The fourth-order valence-corrected chi connectivity index (χ4v) is 2.96. The zero-order valence-corrected chi connectivity index (χ0v) is 11.5. The smallest absolute Gasteiger partial charge is 0.163 e. The summed E-state index contributed by atoms with van der Waals surface area (Å²) in [4.78, 5) is 15.9. The lowest BCUT2D eigenvalue weighted by molar-refractivity contribution is 0.0972. The Morgan fingerprint density at radius 2 is 1.95 bits per heavy atom. The van der Waals surface area contributed by atoms with E-state index in [4.69, 9.17) is 11.6 Å². The van der Waals surface area contributed by atoms with E-state index in [0.29, 0.717) is 11.6 Å². The van der Waals surface area contributed by atoms with Crippen LogP contribution in [0.5, 0.6) is 0 Å². The third-order valence-electron chi connectivity index (χ3n) is 3.77. The third-order valence-corrected chi connectivity index (χ3v) is 3.97. The van der Waals surface area contributed by atoms with E-state index in [9.17, 15) is 4.79 Å². The summed E-state index contributed by atoms with van der Waals surface area (Å²) in [7, 11) is 0. The van der Waals surface area contributed by atoms with Gasteiger partial charge in [0.15, 0.2) is 5.78 Å². The molecule has 3 rings (SSSR count). The van der Waals surface area contributed by atoms with Gasteiger partial charge in [0, 0.05) is 18.2 Å². The molecule has 1 aliphatic carbocycles. The van der Waals surface area contributed by atoms with Gasteiger partial charge in [0.05, 0.1) is 0 Å². The molecule has 0 saturated heterocycles. The number of rotatable bonds is 1. The molecule has 0 aliphatic heterocycles. The summed E-state index contributed by atoms with van der Waals surface area (Å²) in [6.45, 7) is 2.08. The van der Waals surface area contributed by atoms with Crippen LogP contribution in [0.25, 0.3) is 11.1 Å². The number of benzene rings is 1. The average molecular weight is 272 g/mol. The third kappa shape index (κ3) is 2.17. The molecule has 1 heterocycles. The van der Waals surface area contributed by atoms with Crippen LogP contribution in [0.2, 0.25) is 5.15 Å². The van der Waals surface area contributed by atoms with Gasteiger partial charge in [-0.15, -0.1) is 0 Å². The summed E-state index contributed by atoms with van der Waals surface area (Å²) in [6, 6.07) is 7.78. The minimum Gasteiger partial charge on any atom is -0.294 e. The maximum atomic E-state index is 11.9. The highest BCUT2D eigenvalue weighted by Crippen LogP contribution is 2.32. The van der Waals surface area contributed by atoms with Gasteiger partial charge in [-0.25, -0.2) is 4.98 Å². The molecule has 96 valence electrons. The fraction of sp³-hybridized carbons (Fsp3) is 0.250. The van der Waals surface area contributed by atoms with E-state index in [0.717, 1.165) is 29.5 Å². The maximum absolute atomic E-state index is 11.9. The molecule has 0 radical (unpaired) electrons. The topological polar surface area (TPSA) is 30.0 Å². The second kappa shape index (κ2) is 4.78. The number of ketones is 1. The normalized spacial score (nSPS) is 14.3. The highest BCUT2D eigenvalue weighted by atomic mass is 35.5. The Balaban J connectivity index is 2.17. The second-order valence-electron chi connectivity index (χ2n) is 4.91. The number of halogens is 1. The molecule has 2 nitrogen and oxygen atoms in total. The number of aromatic nitrogens is 1. The molecule has 0 N–H and O–H groups in total. The molecule has 0 bridgehead atoms. The van der Waals surface area contributed by atoms with Crippen LogP contribution in [0.1, 0.15) is 34.3 Å². The van der Waals surface area contributed by atoms with Crippen LogP contribution in [0, 0.1) is 6.92 Å². The van der Waals surface area contributed by atoms with Crippen molar-refractivity contribution in [1.29, 1.82) is 0 Å². The Kier molecular flexibility index (Phi) is 3.11. The Morgan fingerprint density at radius 1 is 1.16 bits per heavy atom. The van der Waals surface area contributed by atoms with Crippen LogP contribution >= 0.6 is 11.6 Å². The lowest BCUT2D eigenvalue weighted by Gasteiger charge is -2.19. The van der Waals surface area contributed by atoms with Crippen molar-refractivity contribution in [2.45, 2.75) is 26.2 Å². The molecule has 0 atom stereocenters. The highest BCUT2D eigenvalue weighted by molar-refractivity contribution is 6.29. The van der Waals surface area contributed by atoms with E-state index >= 15 is 0 Å². The standard InChI is InChI=1S/C16H14ClNO/c1-10-12(11-7-8-18-16(17)9-11)5-6-14-13(10)3-2-4-15(14)19/h5-9H,2-4H2,1H3. The maximum Gasteiger partial charge on any atom is 0.163 e. The van der Waals surface area contributed by atoms with Gasteiger partial charge in [-0.2, -0.15) is 0 Å². The number of fused-ring (bicyclic) bond motifs is 1. The first-order valence-electron chi connectivity index (χ1n) is 6.44. The predicted octanol–water partition coefficient (Wildman–Crippen LogP) is 4.23. The van der Waals surface area contributed by atoms with Gasteiger partial charge in [-0.3, -0.25) is 4.79 Å². The monoisotopic (exact) mass is 271 g/mol. The van der Waals surface area contributed by atoms with E-state index in [-0.39, 0.29) is 5.78 Å². The SMILES string of the molecule is Cc1c(-c2ccnc(Cl)c2)ccc2c1CCCC2=O. The predicted molar refractivity (Wildman–Crippen MR) is 76.7 cm³/mol. The first kappa shape index (κ1) is 12.4. The molecule has 2 aromatic rings. The summed E-state index contributed by atoms with van der Waals surface area (Å²) >= 11 is 5.95. The zero-order valence-electron chi connectivity index (χ0n) is 10.7. The fourth-order valence-electron chi connectivity index (χ4n) is 2.78. The number of pyridine rings is 1. The molecule has 0 fully saturated rings. The van der Waals surface area contributed by atoms with Crippen molar-refractivity contribution in [3.63, 3.8) is 0 Å². The number of Topliss-reactive ketones (excluding diaryl/α,β-unsaturated/α-hetero) is 1. The lowest BCUT2D eigenvalue weighted by Crippen LogP contribution is -2.12. The van der Waals surface area contributed by atoms with Gasteiger partial charge in [-0.05, 0) is 54.2 Å². The first-order chi connectivity index (χ1) is 9.16. The molecule has 0 spiro atoms. The van der Waals surface area contributed by atoms with Gasteiger partial charge < -0.3 is 0 Å². The van der Waals surface area contributed by atoms with Crippen molar-refractivity contribution >= 4 is 17.4 Å². The molecule has 0 amide bonds. The largest absolute Gasteiger partial charge is 0.294 e. The van der Waals surface area contributed by atoms with E-state index in [1.165, 1.54) is 11.1 Å². The molecular formula is C16H14ClNO. The van der Waals surface area contributed by atoms with Crippen LogP contribution in [-0.4, -0.2) is 10.8 Å². The minimum atomic E-state index is 0.267. The van der Waals surface area contributed by atoms with Crippen molar-refractivity contribution in [3.8, 4) is 11.1 Å². The Morgan fingerprint density at radius 3 is 2.74 bits per heavy atom. The number of carbonyl (C=O) groups is 1. The van der Waals surface area contributed by atoms with Crippen LogP contribution in [0.4, 0.5) is 0 Å². The highest BCUT2D eigenvalue weighted by Gasteiger charge is 2.20. The molecule has 0 saturated carbocycles. The van der Waals surface area contributed by atoms with Crippen molar-refractivity contribution in [2.75, 3.05) is 0 Å². The quantitative estimate of drug-likeness (QED) is 0.727. The van der Waals surface area contributed by atoms with Crippen LogP contribution in [-0.2, 0) is 6.42 Å². The molecular weight excluding hydrogens is 258 g/mol. The Hall–Kier alpha value is -1.67. The Labute approximate surface area is 117 Å². The second-order valence-corrected chi connectivity index (χ2v) is 5.30. The first-order valence-corrected chi connectivity index (χ1v) is 6.82. The zero-order chi connectivity index (χ0) is 13.4. The number of carbonyl (C=O) groups excluding carboxylic acids is 1. The van der Waals surface area contributed by atoms with Gasteiger partial charge in [0.25, 0.3) is 0 Å². The molecule has 1 aromatic carbocycles. The summed E-state index contributed by atoms with van der Waals surface area (Å²) in [5, 5.41) is 0.491. The van der Waals surface area contributed by atoms with E-state index in [2.05, 4.69) is 11.9 Å².